The molecule has 0 bridgehead atoms. The van der Waals surface area contributed by atoms with Gasteiger partial charge >= 0.3 is 0 Å². The van der Waals surface area contributed by atoms with E-state index in [-0.39, 0.29) is 52.0 Å². The van der Waals surface area contributed by atoms with Crippen LogP contribution in [0.5, 0.6) is 0 Å². The van der Waals surface area contributed by atoms with Crippen molar-refractivity contribution in [1.82, 2.24) is 0 Å². The number of furan rings is 1. The van der Waals surface area contributed by atoms with E-state index < -0.39 is 54.4 Å². The number of rotatable bonds is 5. The van der Waals surface area contributed by atoms with Crippen molar-refractivity contribution in [2.24, 2.45) is 0 Å². The largest absolute Gasteiger partial charge is 0.456 e. The van der Waals surface area contributed by atoms with E-state index in [1.165, 1.54) is 0 Å². The zero-order valence-corrected chi connectivity index (χ0v) is 26.9. The lowest BCUT2D eigenvalue weighted by Crippen LogP contribution is -1.93. The summed E-state index contributed by atoms with van der Waals surface area (Å²) in [6.45, 7) is 0. The summed E-state index contributed by atoms with van der Waals surface area (Å²) < 4.78 is 122. The molecule has 0 unspecified atom stereocenters. The molecular weight excluding hydrogens is 617 g/mol. The first-order valence-electron chi connectivity index (χ1n) is 23.0. The molecule has 10 rings (SSSR count). The van der Waals surface area contributed by atoms with Gasteiger partial charge in [-0.25, -0.2) is 0 Å². The van der Waals surface area contributed by atoms with Crippen LogP contribution >= 0.6 is 0 Å². The molecule has 0 aliphatic rings. The summed E-state index contributed by atoms with van der Waals surface area (Å²) in [7, 11) is 0. The Kier molecular flexibility index (Phi) is 4.45. The quantitative estimate of drug-likeness (QED) is 0.167. The summed E-state index contributed by atoms with van der Waals surface area (Å²) in [6.07, 6.45) is 0. The minimum absolute atomic E-state index is 0.0327. The van der Waals surface area contributed by atoms with E-state index in [1.807, 2.05) is 72.8 Å². The summed E-state index contributed by atoms with van der Waals surface area (Å²) in [4.78, 5) is 0. The molecule has 1 nitrogen and oxygen atoms in total. The number of fused-ring (bicyclic) bond motifs is 5. The van der Waals surface area contributed by atoms with Crippen molar-refractivity contribution in [2.75, 3.05) is 0 Å². The van der Waals surface area contributed by atoms with Crippen LogP contribution in [0.15, 0.2) is 198 Å². The van der Waals surface area contributed by atoms with E-state index in [0.29, 0.717) is 54.8 Å². The van der Waals surface area contributed by atoms with Gasteiger partial charge in [-0.2, -0.15) is 0 Å². The predicted octanol–water partition coefficient (Wildman–Crippen LogP) is 14.2. The van der Waals surface area contributed by atoms with Gasteiger partial charge in [-0.05, 0) is 95.4 Å². The van der Waals surface area contributed by atoms with Crippen molar-refractivity contribution in [1.29, 1.82) is 0 Å². The second-order valence-electron chi connectivity index (χ2n) is 12.2. The van der Waals surface area contributed by atoms with Crippen molar-refractivity contribution in [3.63, 3.8) is 0 Å². The van der Waals surface area contributed by atoms with Crippen LogP contribution in [0, 0.1) is 0 Å². The molecule has 0 aliphatic carbocycles. The fourth-order valence-corrected chi connectivity index (χ4v) is 7.15. The van der Waals surface area contributed by atoms with Gasteiger partial charge in [0.15, 0.2) is 0 Å². The van der Waals surface area contributed by atoms with E-state index in [9.17, 15) is 5.48 Å². The van der Waals surface area contributed by atoms with Gasteiger partial charge in [0.25, 0.3) is 0 Å². The minimum Gasteiger partial charge on any atom is -0.456 e. The summed E-state index contributed by atoms with van der Waals surface area (Å²) in [5.41, 5.74) is 3.59. The van der Waals surface area contributed by atoms with Gasteiger partial charge in [0.1, 0.15) is 11.2 Å². The Bertz CT molecular complexity index is 3540. The Balaban J connectivity index is 1.28. The Morgan fingerprint density at radius 3 is 1.59 bits per heavy atom. The maximum Gasteiger partial charge on any atom is 0.136 e. The summed E-state index contributed by atoms with van der Waals surface area (Å²) in [6, 6.07) is 28.9. The third-order valence-electron chi connectivity index (χ3n) is 9.36. The van der Waals surface area contributed by atoms with Crippen LogP contribution in [0.4, 0.5) is 0 Å². The van der Waals surface area contributed by atoms with Crippen LogP contribution in [-0.4, -0.2) is 0 Å². The van der Waals surface area contributed by atoms with E-state index in [2.05, 4.69) is 0 Å². The van der Waals surface area contributed by atoms with Crippen molar-refractivity contribution >= 4 is 43.5 Å². The molecule has 51 heavy (non-hydrogen) atoms. The fourth-order valence-electron chi connectivity index (χ4n) is 7.15. The first kappa shape index (κ1) is 18.9. The minimum atomic E-state index is -0.578. The van der Waals surface area contributed by atoms with E-state index >= 15 is 0 Å². The highest BCUT2D eigenvalue weighted by Gasteiger charge is 2.21. The molecule has 9 aromatic carbocycles. The lowest BCUT2D eigenvalue weighted by Gasteiger charge is -2.20. The van der Waals surface area contributed by atoms with Gasteiger partial charge in [-0.15, -0.1) is 0 Å². The number of hydrogen-bond donors (Lipinski definition) is 0. The number of hydrogen-bond acceptors (Lipinski definition) is 1. The summed E-state index contributed by atoms with van der Waals surface area (Å²) in [5.74, 6) is 0. The molecular formula is C50H32O. The Morgan fingerprint density at radius 2 is 0.902 bits per heavy atom. The van der Waals surface area contributed by atoms with E-state index in [4.69, 9.17) is 16.8 Å². The van der Waals surface area contributed by atoms with Crippen LogP contribution < -0.4 is 0 Å². The van der Waals surface area contributed by atoms with Crippen LogP contribution in [0.1, 0.15) is 17.8 Å². The lowest BCUT2D eigenvalue weighted by molar-refractivity contribution is 0.669. The predicted molar refractivity (Wildman–Crippen MR) is 216 cm³/mol. The molecule has 0 spiro atoms. The third-order valence-corrected chi connectivity index (χ3v) is 9.36. The third kappa shape index (κ3) is 4.86. The monoisotopic (exact) mass is 661 g/mol. The lowest BCUT2D eigenvalue weighted by atomic mass is 9.83. The molecule has 0 saturated heterocycles. The van der Waals surface area contributed by atoms with Gasteiger partial charge in [0.2, 0.25) is 0 Å². The highest BCUT2D eigenvalue weighted by atomic mass is 16.3. The Labute approximate surface area is 315 Å². The maximum atomic E-state index is 9.50. The van der Waals surface area contributed by atoms with E-state index in [0.717, 1.165) is 16.5 Å². The first-order chi connectivity index (χ1) is 30.7. The van der Waals surface area contributed by atoms with Crippen LogP contribution in [0.3, 0.4) is 0 Å². The summed E-state index contributed by atoms with van der Waals surface area (Å²) in [5, 5.41) is 4.09. The Morgan fingerprint density at radius 1 is 0.333 bits per heavy atom. The molecule has 238 valence electrons. The van der Waals surface area contributed by atoms with Crippen LogP contribution in [0.2, 0.25) is 0 Å². The Hall–Kier alpha value is -6.70. The van der Waals surface area contributed by atoms with Crippen molar-refractivity contribution in [3.05, 3.63) is 194 Å². The maximum absolute atomic E-state index is 9.50. The summed E-state index contributed by atoms with van der Waals surface area (Å²) >= 11 is 0. The van der Waals surface area contributed by atoms with Gasteiger partial charge in [-0.1, -0.05) is 176 Å². The van der Waals surface area contributed by atoms with Gasteiger partial charge in [0, 0.05) is 10.8 Å². The first-order valence-corrected chi connectivity index (χ1v) is 16.5. The molecule has 0 N–H and O–H groups in total. The average molecular weight is 662 g/mol. The van der Waals surface area contributed by atoms with Gasteiger partial charge in [-0.3, -0.25) is 0 Å². The SMILES string of the molecule is [2H]c1c([2H])c([2H])c(-c2ccc3c(c2)oc2cccc(-c4c5ccccc5c(-c5c([2H])c([2H])c([2H])c([2H])c5-c5c([2H])c([2H])c(-c6ccccc6)c([2H])c5[2H])c5ccccc45)c23)c([2H])c1[2H]. The van der Waals surface area contributed by atoms with Crippen molar-refractivity contribution < 1.29 is 22.2 Å². The topological polar surface area (TPSA) is 13.1 Å². The van der Waals surface area contributed by atoms with E-state index in [1.54, 1.807) is 42.5 Å². The molecule has 1 aromatic heterocycles. The molecule has 1 heteroatoms. The standard InChI is InChI=1S/C50H32O/c1-3-14-33(15-4-1)35-26-28-36(29-27-35)38-18-7-8-19-39(38)48-40-20-9-11-22-42(40)49(43-23-12-10-21-41(43)48)45-24-13-25-46-50(45)44-31-30-37(32-47(44)51-46)34-16-5-2-6-17-34/h1-32H/i2D,5D,6D,7D,8D,16D,17D,18D,19D,26D,27D,28D,29D. The molecule has 0 fully saturated rings. The fraction of sp³-hybridized carbons (Fsp3) is 0. The molecule has 1 heterocycles. The van der Waals surface area contributed by atoms with Crippen molar-refractivity contribution in [3.8, 4) is 55.6 Å². The zero-order valence-electron chi connectivity index (χ0n) is 39.9. The second kappa shape index (κ2) is 12.0. The van der Waals surface area contributed by atoms with Crippen LogP contribution in [0.25, 0.3) is 99.1 Å². The molecule has 10 aromatic rings. The molecule has 0 amide bonds. The highest BCUT2D eigenvalue weighted by molar-refractivity contribution is 6.26. The molecule has 0 aliphatic heterocycles. The molecule has 0 saturated carbocycles. The highest BCUT2D eigenvalue weighted by Crippen LogP contribution is 2.48. The molecule has 0 radical (unpaired) electrons. The average Bonchev–Trinajstić information content (AvgIpc) is 3.69. The number of benzene rings is 9. The van der Waals surface area contributed by atoms with Crippen molar-refractivity contribution in [2.45, 2.75) is 0 Å². The molecule has 0 atom stereocenters. The van der Waals surface area contributed by atoms with Crippen LogP contribution in [-0.2, 0) is 0 Å². The van der Waals surface area contributed by atoms with Gasteiger partial charge in [0.05, 0.1) is 17.8 Å². The normalized spacial score (nSPS) is 15.1. The smallest absolute Gasteiger partial charge is 0.136 e. The second-order valence-corrected chi connectivity index (χ2v) is 12.2. The zero-order chi connectivity index (χ0) is 45.0. The van der Waals surface area contributed by atoms with Gasteiger partial charge < -0.3 is 4.42 Å².